The summed E-state index contributed by atoms with van der Waals surface area (Å²) in [5.41, 5.74) is 0.706. The van der Waals surface area contributed by atoms with E-state index >= 15 is 0 Å². The molecule has 0 aliphatic carbocycles. The lowest BCUT2D eigenvalue weighted by Crippen LogP contribution is -2.28. The zero-order valence-corrected chi connectivity index (χ0v) is 24.3. The van der Waals surface area contributed by atoms with Crippen molar-refractivity contribution in [3.8, 4) is 5.88 Å². The van der Waals surface area contributed by atoms with Gasteiger partial charge >= 0.3 is 0 Å². The number of hydrogen-bond donors (Lipinski definition) is 1. The van der Waals surface area contributed by atoms with E-state index in [1.807, 2.05) is 6.92 Å². The summed E-state index contributed by atoms with van der Waals surface area (Å²) < 4.78 is 34.6. The second-order valence-corrected chi connectivity index (χ2v) is 11.8. The summed E-state index contributed by atoms with van der Waals surface area (Å²) in [5, 5.41) is 18.9. The van der Waals surface area contributed by atoms with Crippen molar-refractivity contribution in [2.45, 2.75) is 84.1 Å². The molecule has 0 amide bonds. The number of rotatable bonds is 17. The summed E-state index contributed by atoms with van der Waals surface area (Å²) in [6, 6.07) is 7.63. The first-order valence-electron chi connectivity index (χ1n) is 13.6. The molecule has 2 aromatic rings. The van der Waals surface area contributed by atoms with Gasteiger partial charge in [-0.2, -0.15) is 5.11 Å². The number of azo groups is 1. The molecule has 212 valence electrons. The molecule has 0 fully saturated rings. The molecule has 1 N–H and O–H groups in total. The van der Waals surface area contributed by atoms with E-state index in [2.05, 4.69) is 24.1 Å². The van der Waals surface area contributed by atoms with Gasteiger partial charge in [0.05, 0.1) is 10.6 Å². The third-order valence-electron chi connectivity index (χ3n) is 6.63. The van der Waals surface area contributed by atoms with Crippen LogP contribution < -0.4 is 5.56 Å². The number of nitrogens with zero attached hydrogens (tertiary/aromatic N) is 4. The smallest absolute Gasteiger partial charge is 0.253 e. The van der Waals surface area contributed by atoms with Gasteiger partial charge in [-0.3, -0.25) is 9.36 Å². The molecule has 0 spiro atoms. The lowest BCUT2D eigenvalue weighted by molar-refractivity contribution is 0.0902. The number of benzene rings is 1. The summed E-state index contributed by atoms with van der Waals surface area (Å²) in [6.07, 6.45) is 6.85. The first kappa shape index (κ1) is 31.7. The summed E-state index contributed by atoms with van der Waals surface area (Å²) in [6.45, 7) is 9.98. The number of ether oxygens (including phenoxy) is 1. The van der Waals surface area contributed by atoms with Crippen LogP contribution >= 0.6 is 0 Å². The SMILES string of the molecule is CCCCC(CC)COCCCN(C)S(=O)(=O)c1cccc(N=Nc2c(C)cc(=O)n(CCCC)c2O)c1. The number of aromatic hydroxyl groups is 1. The van der Waals surface area contributed by atoms with Gasteiger partial charge in [-0.25, -0.2) is 12.7 Å². The third kappa shape index (κ3) is 9.03. The predicted molar refractivity (Wildman–Crippen MR) is 151 cm³/mol. The summed E-state index contributed by atoms with van der Waals surface area (Å²) in [5.74, 6) is 0.312. The molecule has 2 rings (SSSR count). The molecule has 1 aromatic heterocycles. The number of pyridine rings is 1. The molecule has 1 unspecified atom stereocenters. The van der Waals surface area contributed by atoms with Crippen LogP contribution in [0.3, 0.4) is 0 Å². The van der Waals surface area contributed by atoms with E-state index in [-0.39, 0.29) is 22.0 Å². The molecule has 38 heavy (non-hydrogen) atoms. The fourth-order valence-corrected chi connectivity index (χ4v) is 5.30. The van der Waals surface area contributed by atoms with Gasteiger partial charge in [0.15, 0.2) is 0 Å². The van der Waals surface area contributed by atoms with Crippen molar-refractivity contribution in [1.29, 1.82) is 0 Å². The second kappa shape index (κ2) is 15.8. The lowest BCUT2D eigenvalue weighted by Gasteiger charge is -2.18. The van der Waals surface area contributed by atoms with Crippen LogP contribution in [0.2, 0.25) is 0 Å². The number of aryl methyl sites for hydroxylation is 1. The Kier molecular flexibility index (Phi) is 13.1. The Bertz CT molecular complexity index is 1210. The third-order valence-corrected chi connectivity index (χ3v) is 8.48. The van der Waals surface area contributed by atoms with Gasteiger partial charge in [0.25, 0.3) is 5.56 Å². The Labute approximate surface area is 227 Å². The predicted octanol–water partition coefficient (Wildman–Crippen LogP) is 6.32. The minimum absolute atomic E-state index is 0.108. The summed E-state index contributed by atoms with van der Waals surface area (Å²) in [7, 11) is -2.17. The average Bonchev–Trinajstić information content (AvgIpc) is 2.89. The lowest BCUT2D eigenvalue weighted by atomic mass is 10.0. The zero-order chi connectivity index (χ0) is 28.1. The molecule has 0 radical (unpaired) electrons. The number of unbranched alkanes of at least 4 members (excludes halogenated alkanes) is 2. The highest BCUT2D eigenvalue weighted by atomic mass is 32.2. The standard InChI is InChI=1S/C28H44N4O5S/c1-6-9-13-23(8-3)21-37-18-12-16-31(5)38(35,36)25-15-11-14-24(20-25)29-30-27-22(4)19-26(33)32(28(27)34)17-10-7-2/h11,14-15,19-20,23,34H,6-10,12-13,16-18,21H2,1-5H3. The van der Waals surface area contributed by atoms with Crippen molar-refractivity contribution < 1.29 is 18.3 Å². The minimum Gasteiger partial charge on any atom is -0.493 e. The fourth-order valence-electron chi connectivity index (χ4n) is 4.05. The van der Waals surface area contributed by atoms with Crippen LogP contribution in [-0.2, 0) is 21.3 Å². The monoisotopic (exact) mass is 548 g/mol. The van der Waals surface area contributed by atoms with Crippen molar-refractivity contribution >= 4 is 21.4 Å². The van der Waals surface area contributed by atoms with E-state index in [1.165, 1.54) is 39.9 Å². The van der Waals surface area contributed by atoms with Crippen molar-refractivity contribution in [2.24, 2.45) is 16.1 Å². The van der Waals surface area contributed by atoms with Crippen molar-refractivity contribution in [1.82, 2.24) is 8.87 Å². The molecule has 9 nitrogen and oxygen atoms in total. The maximum atomic E-state index is 13.1. The van der Waals surface area contributed by atoms with Crippen molar-refractivity contribution in [2.75, 3.05) is 26.8 Å². The normalized spacial score (nSPS) is 13.0. The van der Waals surface area contributed by atoms with Crippen LogP contribution in [0.1, 0.15) is 71.3 Å². The fraction of sp³-hybridized carbons (Fsp3) is 0.607. The van der Waals surface area contributed by atoms with Gasteiger partial charge < -0.3 is 9.84 Å². The first-order valence-corrected chi connectivity index (χ1v) is 15.1. The topological polar surface area (TPSA) is 114 Å². The van der Waals surface area contributed by atoms with Crippen LogP contribution in [0.5, 0.6) is 5.88 Å². The van der Waals surface area contributed by atoms with Gasteiger partial charge in [0.1, 0.15) is 5.69 Å². The average molecular weight is 549 g/mol. The van der Waals surface area contributed by atoms with Gasteiger partial charge in [-0.15, -0.1) is 5.11 Å². The molecule has 10 heteroatoms. The van der Waals surface area contributed by atoms with Gasteiger partial charge in [0.2, 0.25) is 15.9 Å². The Balaban J connectivity index is 2.06. The Morgan fingerprint density at radius 2 is 1.82 bits per heavy atom. The van der Waals surface area contributed by atoms with E-state index in [1.54, 1.807) is 26.1 Å². The number of hydrogen-bond acceptors (Lipinski definition) is 7. The largest absolute Gasteiger partial charge is 0.493 e. The zero-order valence-electron chi connectivity index (χ0n) is 23.5. The molecule has 0 bridgehead atoms. The molecule has 1 aromatic carbocycles. The molecular formula is C28H44N4O5S. The van der Waals surface area contributed by atoms with Crippen LogP contribution in [0.25, 0.3) is 0 Å². The van der Waals surface area contributed by atoms with Crippen LogP contribution in [0, 0.1) is 12.8 Å². The molecule has 0 aliphatic rings. The molecule has 0 saturated carbocycles. The maximum Gasteiger partial charge on any atom is 0.253 e. The highest BCUT2D eigenvalue weighted by molar-refractivity contribution is 7.89. The van der Waals surface area contributed by atoms with Crippen LogP contribution in [0.15, 0.2) is 50.3 Å². The van der Waals surface area contributed by atoms with Gasteiger partial charge in [-0.05, 0) is 55.9 Å². The van der Waals surface area contributed by atoms with Crippen molar-refractivity contribution in [3.05, 3.63) is 46.2 Å². The van der Waals surface area contributed by atoms with E-state index in [9.17, 15) is 18.3 Å². The van der Waals surface area contributed by atoms with E-state index in [4.69, 9.17) is 4.74 Å². The Morgan fingerprint density at radius 3 is 2.50 bits per heavy atom. The molecule has 1 heterocycles. The maximum absolute atomic E-state index is 13.1. The van der Waals surface area contributed by atoms with E-state index in [0.29, 0.717) is 49.9 Å². The molecule has 0 saturated heterocycles. The number of sulfonamides is 1. The molecule has 0 aliphatic heterocycles. The minimum atomic E-state index is -3.72. The van der Waals surface area contributed by atoms with Crippen LogP contribution in [0.4, 0.5) is 11.4 Å². The highest BCUT2D eigenvalue weighted by Gasteiger charge is 2.21. The molecule has 1 atom stereocenters. The van der Waals surface area contributed by atoms with E-state index < -0.39 is 10.0 Å². The highest BCUT2D eigenvalue weighted by Crippen LogP contribution is 2.31. The van der Waals surface area contributed by atoms with E-state index in [0.717, 1.165) is 25.7 Å². The quantitative estimate of drug-likeness (QED) is 0.183. The number of aromatic nitrogens is 1. The van der Waals surface area contributed by atoms with Crippen molar-refractivity contribution in [3.63, 3.8) is 0 Å². The first-order chi connectivity index (χ1) is 18.1. The summed E-state index contributed by atoms with van der Waals surface area (Å²) >= 11 is 0. The van der Waals surface area contributed by atoms with Crippen LogP contribution in [-0.4, -0.2) is 49.2 Å². The molecular weight excluding hydrogens is 504 g/mol. The Morgan fingerprint density at radius 1 is 1.08 bits per heavy atom. The van der Waals surface area contributed by atoms with Gasteiger partial charge in [0, 0.05) is 39.4 Å². The Hall–Kier alpha value is -2.56. The van der Waals surface area contributed by atoms with Gasteiger partial charge in [-0.1, -0.05) is 52.5 Å². The summed E-state index contributed by atoms with van der Waals surface area (Å²) in [4.78, 5) is 12.4. The second-order valence-electron chi connectivity index (χ2n) is 9.71.